The Morgan fingerprint density at radius 3 is 2.52 bits per heavy atom. The molecule has 2 aromatic carbocycles. The highest BCUT2D eigenvalue weighted by molar-refractivity contribution is 5.95. The van der Waals surface area contributed by atoms with Crippen LogP contribution in [0.4, 0.5) is 15.8 Å². The summed E-state index contributed by atoms with van der Waals surface area (Å²) in [5.41, 5.74) is 3.70. The summed E-state index contributed by atoms with van der Waals surface area (Å²) in [7, 11) is 0. The van der Waals surface area contributed by atoms with E-state index in [1.165, 1.54) is 23.9 Å². The Kier molecular flexibility index (Phi) is 3.94. The van der Waals surface area contributed by atoms with Crippen LogP contribution in [-0.2, 0) is 0 Å². The van der Waals surface area contributed by atoms with Gasteiger partial charge in [-0.3, -0.25) is 4.98 Å². The van der Waals surface area contributed by atoms with Crippen molar-refractivity contribution in [2.45, 2.75) is 19.8 Å². The largest absolute Gasteiger partial charge is 0.354 e. The van der Waals surface area contributed by atoms with Gasteiger partial charge in [0.2, 0.25) is 0 Å². The molecule has 0 aliphatic rings. The first-order valence-corrected chi connectivity index (χ1v) is 7.44. The van der Waals surface area contributed by atoms with Crippen molar-refractivity contribution < 1.29 is 4.39 Å². The van der Waals surface area contributed by atoms with Gasteiger partial charge in [0, 0.05) is 17.3 Å². The van der Waals surface area contributed by atoms with Gasteiger partial charge >= 0.3 is 0 Å². The number of nitrogens with zero attached hydrogens (tertiary/aromatic N) is 2. The molecule has 0 unspecified atom stereocenters. The molecule has 0 atom stereocenters. The zero-order valence-electron chi connectivity index (χ0n) is 13.0. The second-order valence-corrected chi connectivity index (χ2v) is 5.72. The zero-order chi connectivity index (χ0) is 16.4. The quantitative estimate of drug-likeness (QED) is 0.731. The minimum atomic E-state index is -0.354. The molecule has 114 valence electrons. The van der Waals surface area contributed by atoms with Crippen molar-refractivity contribution in [2.75, 3.05) is 5.32 Å². The van der Waals surface area contributed by atoms with Crippen LogP contribution in [0.15, 0.2) is 48.7 Å². The summed E-state index contributed by atoms with van der Waals surface area (Å²) in [5.74, 6) is 0.0992. The molecule has 0 radical (unpaired) electrons. The Hall–Kier alpha value is -2.93. The molecule has 0 saturated carbocycles. The van der Waals surface area contributed by atoms with Crippen LogP contribution in [0, 0.1) is 17.1 Å². The number of hydrogen-bond acceptors (Lipinski definition) is 3. The predicted octanol–water partition coefficient (Wildman–Crippen LogP) is 5.11. The van der Waals surface area contributed by atoms with Crippen LogP contribution in [0.25, 0.3) is 10.9 Å². The third kappa shape index (κ3) is 3.00. The normalized spacial score (nSPS) is 10.7. The number of benzene rings is 2. The molecule has 0 aliphatic heterocycles. The molecule has 0 fully saturated rings. The lowest BCUT2D eigenvalue weighted by atomic mass is 10.0. The number of fused-ring (bicyclic) bond motifs is 1. The summed E-state index contributed by atoms with van der Waals surface area (Å²) in [4.78, 5) is 4.20. The Labute approximate surface area is 134 Å². The van der Waals surface area contributed by atoms with E-state index in [1.54, 1.807) is 6.07 Å². The topological polar surface area (TPSA) is 48.7 Å². The number of pyridine rings is 1. The summed E-state index contributed by atoms with van der Waals surface area (Å²) < 4.78 is 13.6. The van der Waals surface area contributed by atoms with Crippen LogP contribution >= 0.6 is 0 Å². The molecule has 3 aromatic rings. The van der Waals surface area contributed by atoms with Gasteiger partial charge in [0.25, 0.3) is 0 Å². The number of hydrogen-bond donors (Lipinski definition) is 1. The monoisotopic (exact) mass is 305 g/mol. The summed E-state index contributed by atoms with van der Waals surface area (Å²) in [6.45, 7) is 4.27. The molecule has 0 saturated heterocycles. The van der Waals surface area contributed by atoms with Gasteiger partial charge in [-0.05, 0) is 41.8 Å². The van der Waals surface area contributed by atoms with E-state index in [2.05, 4.69) is 30.2 Å². The van der Waals surface area contributed by atoms with Crippen LogP contribution in [0.1, 0.15) is 30.9 Å². The molecule has 1 aromatic heterocycles. The van der Waals surface area contributed by atoms with Crippen molar-refractivity contribution in [2.24, 2.45) is 0 Å². The number of nitriles is 1. The van der Waals surface area contributed by atoms with E-state index in [0.717, 1.165) is 5.69 Å². The van der Waals surface area contributed by atoms with Crippen molar-refractivity contribution in [3.63, 3.8) is 0 Å². The Balaban J connectivity index is 2.07. The van der Waals surface area contributed by atoms with E-state index in [-0.39, 0.29) is 5.82 Å². The molecule has 0 aliphatic carbocycles. The molecule has 23 heavy (non-hydrogen) atoms. The van der Waals surface area contributed by atoms with Gasteiger partial charge in [-0.25, -0.2) is 4.39 Å². The van der Waals surface area contributed by atoms with Crippen LogP contribution in [-0.4, -0.2) is 4.98 Å². The average Bonchev–Trinajstić information content (AvgIpc) is 2.56. The van der Waals surface area contributed by atoms with E-state index in [4.69, 9.17) is 0 Å². The molecule has 4 heteroatoms. The number of halogens is 1. The van der Waals surface area contributed by atoms with E-state index < -0.39 is 0 Å². The van der Waals surface area contributed by atoms with Crippen LogP contribution in [0.5, 0.6) is 0 Å². The molecule has 0 bridgehead atoms. The van der Waals surface area contributed by atoms with E-state index in [9.17, 15) is 9.65 Å². The van der Waals surface area contributed by atoms with E-state index in [1.807, 2.05) is 24.3 Å². The maximum Gasteiger partial charge on any atom is 0.124 e. The lowest BCUT2D eigenvalue weighted by Gasteiger charge is -2.13. The molecule has 3 nitrogen and oxygen atoms in total. The zero-order valence-corrected chi connectivity index (χ0v) is 13.0. The lowest BCUT2D eigenvalue weighted by molar-refractivity contribution is 0.629. The first-order valence-electron chi connectivity index (χ1n) is 7.44. The van der Waals surface area contributed by atoms with E-state index >= 15 is 0 Å². The lowest BCUT2D eigenvalue weighted by Crippen LogP contribution is -1.97. The number of anilines is 2. The molecule has 1 N–H and O–H groups in total. The first kappa shape index (κ1) is 15.0. The first-order chi connectivity index (χ1) is 11.1. The van der Waals surface area contributed by atoms with Crippen LogP contribution < -0.4 is 5.32 Å². The fourth-order valence-corrected chi connectivity index (χ4v) is 2.48. The fourth-order valence-electron chi connectivity index (χ4n) is 2.48. The third-order valence-electron chi connectivity index (χ3n) is 3.80. The maximum absolute atomic E-state index is 13.6. The standard InChI is InChI=1S/C19H16FN3/c1-12(2)13-3-6-16(7-4-13)23-19-14(10-21)11-22-18-8-5-15(20)9-17(18)19/h3-9,11-12H,1-2H3,(H,22,23). The minimum Gasteiger partial charge on any atom is -0.354 e. The third-order valence-corrected chi connectivity index (χ3v) is 3.80. The van der Waals surface area contributed by atoms with Gasteiger partial charge in [-0.15, -0.1) is 0 Å². The minimum absolute atomic E-state index is 0.354. The highest BCUT2D eigenvalue weighted by Gasteiger charge is 2.10. The van der Waals surface area contributed by atoms with Crippen LogP contribution in [0.2, 0.25) is 0 Å². The average molecular weight is 305 g/mol. The molecule has 0 amide bonds. The van der Waals surface area contributed by atoms with Crippen molar-refractivity contribution in [3.8, 4) is 6.07 Å². The Morgan fingerprint density at radius 2 is 1.87 bits per heavy atom. The molecule has 3 rings (SSSR count). The van der Waals surface area contributed by atoms with Crippen molar-refractivity contribution in [1.29, 1.82) is 5.26 Å². The summed E-state index contributed by atoms with van der Waals surface area (Å²) in [5, 5.41) is 13.1. The highest BCUT2D eigenvalue weighted by Crippen LogP contribution is 2.29. The number of rotatable bonds is 3. The second-order valence-electron chi connectivity index (χ2n) is 5.72. The molecule has 1 heterocycles. The maximum atomic E-state index is 13.6. The van der Waals surface area contributed by atoms with E-state index in [0.29, 0.717) is 28.1 Å². The highest BCUT2D eigenvalue weighted by atomic mass is 19.1. The number of nitrogens with one attached hydrogen (secondary N) is 1. The van der Waals surface area contributed by atoms with Crippen molar-refractivity contribution >= 4 is 22.3 Å². The SMILES string of the molecule is CC(C)c1ccc(Nc2c(C#N)cnc3ccc(F)cc23)cc1. The van der Waals surface area contributed by atoms with Gasteiger partial charge < -0.3 is 5.32 Å². The van der Waals surface area contributed by atoms with Gasteiger partial charge in [0.1, 0.15) is 11.9 Å². The van der Waals surface area contributed by atoms with Crippen LogP contribution in [0.3, 0.4) is 0 Å². The fraction of sp³-hybridized carbons (Fsp3) is 0.158. The van der Waals surface area contributed by atoms with Crippen molar-refractivity contribution in [1.82, 2.24) is 4.98 Å². The Morgan fingerprint density at radius 1 is 1.13 bits per heavy atom. The summed E-state index contributed by atoms with van der Waals surface area (Å²) >= 11 is 0. The second kappa shape index (κ2) is 6.05. The van der Waals surface area contributed by atoms with Gasteiger partial charge in [0.05, 0.1) is 16.8 Å². The summed E-state index contributed by atoms with van der Waals surface area (Å²) in [6.07, 6.45) is 1.51. The predicted molar refractivity (Wildman–Crippen MR) is 90.2 cm³/mol. The van der Waals surface area contributed by atoms with Crippen molar-refractivity contribution in [3.05, 3.63) is 65.6 Å². The van der Waals surface area contributed by atoms with Gasteiger partial charge in [0.15, 0.2) is 0 Å². The van der Waals surface area contributed by atoms with Gasteiger partial charge in [-0.2, -0.15) is 5.26 Å². The summed E-state index contributed by atoms with van der Waals surface area (Å²) in [6, 6.07) is 14.5. The molecule has 0 spiro atoms. The Bertz CT molecular complexity index is 893. The number of aromatic nitrogens is 1. The molecular formula is C19H16FN3. The van der Waals surface area contributed by atoms with Gasteiger partial charge in [-0.1, -0.05) is 26.0 Å². The molecular weight excluding hydrogens is 289 g/mol. The smallest absolute Gasteiger partial charge is 0.124 e.